The highest BCUT2D eigenvalue weighted by molar-refractivity contribution is 14.0. The van der Waals surface area contributed by atoms with Crippen LogP contribution in [0, 0.1) is 0 Å². The lowest BCUT2D eigenvalue weighted by atomic mass is 9.90. The maximum atomic E-state index is 12.1. The molecule has 0 bridgehead atoms. The number of rotatable bonds is 11. The molecule has 2 aromatic rings. The van der Waals surface area contributed by atoms with Crippen molar-refractivity contribution in [3.05, 3.63) is 65.2 Å². The summed E-state index contributed by atoms with van der Waals surface area (Å²) in [5, 5.41) is 9.66. The number of fused-ring (bicyclic) bond motifs is 1. The first-order valence-electron chi connectivity index (χ1n) is 11.3. The predicted octanol–water partition coefficient (Wildman–Crippen LogP) is 4.04. The summed E-state index contributed by atoms with van der Waals surface area (Å²) >= 11 is 0. The Morgan fingerprint density at radius 2 is 1.85 bits per heavy atom. The standard InChI is InChI=1S/C25H34N4O3.HI/c1-3-26-25(28-17-21-15-24(30)29-23-11-6-5-10-22(21)23)27-16-19-8-7-9-20(14-19)18-32-13-12-31-4-2;/h5-11,14,21H,3-4,12-13,15-18H2,1-2H3,(H,29,30)(H2,26,27,28);1H. The van der Waals surface area contributed by atoms with E-state index < -0.39 is 0 Å². The molecule has 8 heteroatoms. The van der Waals surface area contributed by atoms with Crippen molar-refractivity contribution in [2.75, 3.05) is 38.2 Å². The van der Waals surface area contributed by atoms with Gasteiger partial charge in [-0.3, -0.25) is 4.79 Å². The molecule has 0 aliphatic carbocycles. The zero-order valence-corrected chi connectivity index (χ0v) is 21.8. The monoisotopic (exact) mass is 566 g/mol. The Morgan fingerprint density at radius 1 is 1.06 bits per heavy atom. The molecule has 0 saturated heterocycles. The molecule has 7 nitrogen and oxygen atoms in total. The Hall–Kier alpha value is -2.17. The summed E-state index contributed by atoms with van der Waals surface area (Å²) in [7, 11) is 0. The van der Waals surface area contributed by atoms with Crippen molar-refractivity contribution < 1.29 is 14.3 Å². The summed E-state index contributed by atoms with van der Waals surface area (Å²) < 4.78 is 11.0. The summed E-state index contributed by atoms with van der Waals surface area (Å²) in [5.41, 5.74) is 4.30. The molecule has 2 aromatic carbocycles. The van der Waals surface area contributed by atoms with E-state index in [1.165, 1.54) is 0 Å². The summed E-state index contributed by atoms with van der Waals surface area (Å²) in [5.74, 6) is 0.910. The zero-order chi connectivity index (χ0) is 22.6. The molecule has 3 N–H and O–H groups in total. The molecule has 1 aliphatic rings. The molecule has 3 rings (SSSR count). The van der Waals surface area contributed by atoms with Gasteiger partial charge in [-0.05, 0) is 36.6 Å². The number of hydrogen-bond donors (Lipinski definition) is 3. The minimum Gasteiger partial charge on any atom is -0.379 e. The lowest BCUT2D eigenvalue weighted by Crippen LogP contribution is -2.40. The van der Waals surface area contributed by atoms with Crippen LogP contribution in [-0.4, -0.2) is 44.8 Å². The van der Waals surface area contributed by atoms with Crippen LogP contribution in [0.1, 0.15) is 42.9 Å². The van der Waals surface area contributed by atoms with Crippen molar-refractivity contribution in [1.29, 1.82) is 0 Å². The Morgan fingerprint density at radius 3 is 2.67 bits per heavy atom. The largest absolute Gasteiger partial charge is 0.379 e. The van der Waals surface area contributed by atoms with Gasteiger partial charge in [0.15, 0.2) is 5.96 Å². The van der Waals surface area contributed by atoms with E-state index in [0.717, 1.165) is 34.9 Å². The molecule has 33 heavy (non-hydrogen) atoms. The van der Waals surface area contributed by atoms with Crippen LogP contribution in [0.2, 0.25) is 0 Å². The van der Waals surface area contributed by atoms with Gasteiger partial charge in [-0.1, -0.05) is 42.5 Å². The molecule has 1 amide bonds. The average Bonchev–Trinajstić information content (AvgIpc) is 2.80. The van der Waals surface area contributed by atoms with Gasteiger partial charge in [-0.25, -0.2) is 4.99 Å². The third-order valence-corrected chi connectivity index (χ3v) is 5.22. The van der Waals surface area contributed by atoms with Crippen LogP contribution in [0.25, 0.3) is 0 Å². The van der Waals surface area contributed by atoms with E-state index in [-0.39, 0.29) is 35.8 Å². The molecule has 0 radical (unpaired) electrons. The third-order valence-electron chi connectivity index (χ3n) is 5.22. The van der Waals surface area contributed by atoms with Gasteiger partial charge in [0.1, 0.15) is 0 Å². The van der Waals surface area contributed by atoms with Crippen LogP contribution < -0.4 is 16.0 Å². The van der Waals surface area contributed by atoms with Crippen LogP contribution >= 0.6 is 24.0 Å². The fraction of sp³-hybridized carbons (Fsp3) is 0.440. The van der Waals surface area contributed by atoms with E-state index in [0.29, 0.717) is 45.9 Å². The highest BCUT2D eigenvalue weighted by Crippen LogP contribution is 2.31. The van der Waals surface area contributed by atoms with Gasteiger partial charge in [0.25, 0.3) is 0 Å². The molecule has 0 aromatic heterocycles. The number of anilines is 1. The zero-order valence-electron chi connectivity index (χ0n) is 19.4. The number of nitrogens with one attached hydrogen (secondary N) is 3. The van der Waals surface area contributed by atoms with Gasteiger partial charge < -0.3 is 25.4 Å². The molecule has 0 saturated carbocycles. The molecule has 180 valence electrons. The molecule has 0 spiro atoms. The van der Waals surface area contributed by atoms with Gasteiger partial charge in [0.05, 0.1) is 26.4 Å². The first-order chi connectivity index (χ1) is 15.7. The normalized spacial score (nSPS) is 15.3. The first kappa shape index (κ1) is 27.1. The number of benzene rings is 2. The number of guanidine groups is 1. The van der Waals surface area contributed by atoms with Gasteiger partial charge in [-0.2, -0.15) is 0 Å². The molecule has 1 heterocycles. The van der Waals surface area contributed by atoms with Crippen molar-refractivity contribution in [3.63, 3.8) is 0 Å². The van der Waals surface area contributed by atoms with Crippen LogP contribution in [0.3, 0.4) is 0 Å². The van der Waals surface area contributed by atoms with Crippen molar-refractivity contribution in [1.82, 2.24) is 10.6 Å². The second-order valence-electron chi connectivity index (χ2n) is 7.68. The number of carbonyl (C=O) groups excluding carboxylic acids is 1. The number of carbonyl (C=O) groups is 1. The van der Waals surface area contributed by atoms with Crippen molar-refractivity contribution in [2.24, 2.45) is 4.99 Å². The van der Waals surface area contributed by atoms with E-state index in [1.54, 1.807) is 0 Å². The Kier molecular flexibility index (Phi) is 12.2. The molecular formula is C25H35IN4O3. The van der Waals surface area contributed by atoms with Crippen molar-refractivity contribution in [3.8, 4) is 0 Å². The van der Waals surface area contributed by atoms with Crippen LogP contribution in [-0.2, 0) is 27.4 Å². The van der Waals surface area contributed by atoms with E-state index in [1.807, 2.05) is 38.1 Å². The molecule has 1 atom stereocenters. The number of halogens is 1. The Balaban J connectivity index is 0.00000385. The molecule has 0 fully saturated rings. The fourth-order valence-corrected chi connectivity index (χ4v) is 3.69. The average molecular weight is 566 g/mol. The minimum atomic E-state index is 0. The van der Waals surface area contributed by atoms with E-state index in [4.69, 9.17) is 14.5 Å². The smallest absolute Gasteiger partial charge is 0.225 e. The fourth-order valence-electron chi connectivity index (χ4n) is 3.69. The predicted molar refractivity (Wildman–Crippen MR) is 143 cm³/mol. The van der Waals surface area contributed by atoms with Gasteiger partial charge in [0, 0.05) is 37.7 Å². The van der Waals surface area contributed by atoms with Crippen LogP contribution in [0.5, 0.6) is 0 Å². The SMILES string of the molecule is CCNC(=NCc1cccc(COCCOCC)c1)NCC1CC(=O)Nc2ccccc21.I. The quantitative estimate of drug-likeness (QED) is 0.166. The lowest BCUT2D eigenvalue weighted by molar-refractivity contribution is -0.116. The number of para-hydroxylation sites is 1. The number of nitrogens with zero attached hydrogens (tertiary/aromatic N) is 1. The van der Waals surface area contributed by atoms with Gasteiger partial charge >= 0.3 is 0 Å². The second-order valence-corrected chi connectivity index (χ2v) is 7.68. The first-order valence-corrected chi connectivity index (χ1v) is 11.3. The van der Waals surface area contributed by atoms with Gasteiger partial charge in [0.2, 0.25) is 5.91 Å². The van der Waals surface area contributed by atoms with Crippen LogP contribution in [0.4, 0.5) is 5.69 Å². The highest BCUT2D eigenvalue weighted by Gasteiger charge is 2.24. The highest BCUT2D eigenvalue weighted by atomic mass is 127. The topological polar surface area (TPSA) is 84.0 Å². The summed E-state index contributed by atoms with van der Waals surface area (Å²) in [6.45, 7) is 8.46. The molecule has 1 aliphatic heterocycles. The van der Waals surface area contributed by atoms with Crippen LogP contribution in [0.15, 0.2) is 53.5 Å². The molecular weight excluding hydrogens is 531 g/mol. The number of amides is 1. The maximum absolute atomic E-state index is 12.1. The maximum Gasteiger partial charge on any atom is 0.225 e. The van der Waals surface area contributed by atoms with Crippen molar-refractivity contribution in [2.45, 2.75) is 39.3 Å². The van der Waals surface area contributed by atoms with E-state index in [2.05, 4.69) is 40.2 Å². The van der Waals surface area contributed by atoms with E-state index in [9.17, 15) is 4.79 Å². The number of ether oxygens (including phenoxy) is 2. The second kappa shape index (κ2) is 14.9. The Labute approximate surface area is 213 Å². The molecule has 1 unspecified atom stereocenters. The van der Waals surface area contributed by atoms with Crippen molar-refractivity contribution >= 4 is 41.5 Å². The summed E-state index contributed by atoms with van der Waals surface area (Å²) in [6.07, 6.45) is 0.467. The summed E-state index contributed by atoms with van der Waals surface area (Å²) in [6, 6.07) is 16.3. The third kappa shape index (κ3) is 8.94. The number of hydrogen-bond acceptors (Lipinski definition) is 4. The van der Waals surface area contributed by atoms with Gasteiger partial charge in [-0.15, -0.1) is 24.0 Å². The Bertz CT molecular complexity index is 907. The minimum absolute atomic E-state index is 0. The number of aliphatic imine (C=N–C) groups is 1. The lowest BCUT2D eigenvalue weighted by Gasteiger charge is -2.26. The summed E-state index contributed by atoms with van der Waals surface area (Å²) in [4.78, 5) is 16.8. The van der Waals surface area contributed by atoms with E-state index >= 15 is 0 Å².